The number of nitrogens with one attached hydrogen (secondary N) is 1. The van der Waals surface area contributed by atoms with E-state index in [0.717, 1.165) is 30.7 Å². The molecular formula is C16H23N3O3. The number of carbonyl (C=O) groups is 2. The van der Waals surface area contributed by atoms with Crippen molar-refractivity contribution in [1.29, 1.82) is 0 Å². The lowest BCUT2D eigenvalue weighted by molar-refractivity contribution is -0.126. The number of nitrogens with two attached hydrogens (primary N) is 1. The van der Waals surface area contributed by atoms with Crippen LogP contribution >= 0.6 is 0 Å². The number of hydrogen-bond donors (Lipinski definition) is 2. The molecule has 6 nitrogen and oxygen atoms in total. The van der Waals surface area contributed by atoms with Crippen molar-refractivity contribution in [2.24, 2.45) is 11.7 Å². The quantitative estimate of drug-likeness (QED) is 0.802. The summed E-state index contributed by atoms with van der Waals surface area (Å²) in [6.07, 6.45) is 1.72. The molecule has 0 bridgehead atoms. The fourth-order valence-corrected chi connectivity index (χ4v) is 2.63. The molecule has 1 aliphatic heterocycles. The SMILES string of the molecule is COc1ccc(CNC(=O)CN2CCC[C@H](C(N)=O)C2)cc1. The second-order valence-electron chi connectivity index (χ2n) is 5.60. The minimum absolute atomic E-state index is 0.0408. The van der Waals surface area contributed by atoms with Crippen LogP contribution < -0.4 is 15.8 Å². The van der Waals surface area contributed by atoms with Crippen LogP contribution in [0.1, 0.15) is 18.4 Å². The second-order valence-corrected chi connectivity index (χ2v) is 5.60. The van der Waals surface area contributed by atoms with Gasteiger partial charge in [0.05, 0.1) is 19.6 Å². The maximum Gasteiger partial charge on any atom is 0.234 e. The first-order chi connectivity index (χ1) is 10.6. The molecule has 1 aromatic rings. The summed E-state index contributed by atoms with van der Waals surface area (Å²) in [5, 5.41) is 2.89. The van der Waals surface area contributed by atoms with Crippen LogP contribution in [0.4, 0.5) is 0 Å². The van der Waals surface area contributed by atoms with Crippen molar-refractivity contribution in [2.45, 2.75) is 19.4 Å². The maximum atomic E-state index is 12.0. The van der Waals surface area contributed by atoms with Gasteiger partial charge >= 0.3 is 0 Å². The number of ether oxygens (including phenoxy) is 1. The lowest BCUT2D eigenvalue weighted by atomic mass is 9.97. The van der Waals surface area contributed by atoms with Crippen molar-refractivity contribution in [3.8, 4) is 5.75 Å². The summed E-state index contributed by atoms with van der Waals surface area (Å²) in [6, 6.07) is 7.57. The van der Waals surface area contributed by atoms with Gasteiger partial charge in [0.2, 0.25) is 11.8 Å². The number of benzene rings is 1. The number of rotatable bonds is 6. The van der Waals surface area contributed by atoms with Crippen LogP contribution in [0, 0.1) is 5.92 Å². The molecule has 0 aromatic heterocycles. The van der Waals surface area contributed by atoms with Crippen LogP contribution in [-0.4, -0.2) is 43.5 Å². The lowest BCUT2D eigenvalue weighted by Crippen LogP contribution is -2.45. The highest BCUT2D eigenvalue weighted by molar-refractivity contribution is 5.79. The summed E-state index contributed by atoms with van der Waals surface area (Å²) < 4.78 is 5.09. The molecule has 0 aliphatic carbocycles. The molecule has 0 spiro atoms. The molecule has 3 N–H and O–H groups in total. The van der Waals surface area contributed by atoms with Crippen molar-refractivity contribution < 1.29 is 14.3 Å². The molecule has 0 saturated carbocycles. The number of nitrogens with zero attached hydrogens (tertiary/aromatic N) is 1. The van der Waals surface area contributed by atoms with E-state index in [2.05, 4.69) is 5.32 Å². The van der Waals surface area contributed by atoms with Crippen LogP contribution in [0.15, 0.2) is 24.3 Å². The molecule has 1 fully saturated rings. The van der Waals surface area contributed by atoms with E-state index in [1.807, 2.05) is 29.2 Å². The fraction of sp³-hybridized carbons (Fsp3) is 0.500. The molecular weight excluding hydrogens is 282 g/mol. The molecule has 2 amide bonds. The Bertz CT molecular complexity index is 516. The van der Waals surface area contributed by atoms with Crippen LogP contribution in [0.25, 0.3) is 0 Å². The van der Waals surface area contributed by atoms with Gasteiger partial charge in [-0.25, -0.2) is 0 Å². The van der Waals surface area contributed by atoms with Crippen molar-refractivity contribution in [1.82, 2.24) is 10.2 Å². The van der Waals surface area contributed by atoms with E-state index in [0.29, 0.717) is 19.6 Å². The van der Waals surface area contributed by atoms with E-state index >= 15 is 0 Å². The molecule has 1 aromatic carbocycles. The van der Waals surface area contributed by atoms with Crippen molar-refractivity contribution >= 4 is 11.8 Å². The van der Waals surface area contributed by atoms with Crippen molar-refractivity contribution in [3.05, 3.63) is 29.8 Å². The Morgan fingerprint density at radius 1 is 1.36 bits per heavy atom. The lowest BCUT2D eigenvalue weighted by Gasteiger charge is -2.30. The van der Waals surface area contributed by atoms with Gasteiger partial charge in [-0.15, -0.1) is 0 Å². The Morgan fingerprint density at radius 3 is 2.73 bits per heavy atom. The molecule has 6 heteroatoms. The first-order valence-corrected chi connectivity index (χ1v) is 7.50. The molecule has 120 valence electrons. The number of likely N-dealkylation sites (tertiary alicyclic amines) is 1. The molecule has 2 rings (SSSR count). The summed E-state index contributed by atoms with van der Waals surface area (Å²) in [5.41, 5.74) is 6.36. The average molecular weight is 305 g/mol. The molecule has 1 heterocycles. The summed E-state index contributed by atoms with van der Waals surface area (Å²) >= 11 is 0. The van der Waals surface area contributed by atoms with Gasteiger partial charge in [-0.05, 0) is 37.1 Å². The standard InChI is InChI=1S/C16H23N3O3/c1-22-14-6-4-12(5-7-14)9-18-15(20)11-19-8-2-3-13(10-19)16(17)21/h4-7,13H,2-3,8-11H2,1H3,(H2,17,21)(H,18,20)/t13-/m0/s1. The molecule has 1 saturated heterocycles. The van der Waals surface area contributed by atoms with Gasteiger partial charge in [-0.2, -0.15) is 0 Å². The third-order valence-electron chi connectivity index (χ3n) is 3.92. The van der Waals surface area contributed by atoms with E-state index in [-0.39, 0.29) is 17.7 Å². The zero-order chi connectivity index (χ0) is 15.9. The number of primary amides is 1. The summed E-state index contributed by atoms with van der Waals surface area (Å²) in [7, 11) is 1.62. The predicted octanol–water partition coefficient (Wildman–Crippen LogP) is 0.509. The van der Waals surface area contributed by atoms with E-state index in [1.165, 1.54) is 0 Å². The number of amides is 2. The Hall–Kier alpha value is -2.08. The highest BCUT2D eigenvalue weighted by Crippen LogP contribution is 2.15. The number of carbonyl (C=O) groups excluding carboxylic acids is 2. The molecule has 0 unspecified atom stereocenters. The van der Waals surface area contributed by atoms with Gasteiger partial charge in [0.1, 0.15) is 5.75 Å². The third kappa shape index (κ3) is 4.73. The summed E-state index contributed by atoms with van der Waals surface area (Å²) in [4.78, 5) is 25.2. The molecule has 0 radical (unpaired) electrons. The van der Waals surface area contributed by atoms with Gasteiger partial charge in [-0.1, -0.05) is 12.1 Å². The Balaban J connectivity index is 1.76. The minimum atomic E-state index is -0.275. The van der Waals surface area contributed by atoms with E-state index in [4.69, 9.17) is 10.5 Å². The highest BCUT2D eigenvalue weighted by atomic mass is 16.5. The van der Waals surface area contributed by atoms with E-state index in [1.54, 1.807) is 7.11 Å². The third-order valence-corrected chi connectivity index (χ3v) is 3.92. The predicted molar refractivity (Wildman–Crippen MR) is 83.2 cm³/mol. The smallest absolute Gasteiger partial charge is 0.234 e. The van der Waals surface area contributed by atoms with Gasteiger partial charge < -0.3 is 15.8 Å². The monoisotopic (exact) mass is 305 g/mol. The fourth-order valence-electron chi connectivity index (χ4n) is 2.63. The van der Waals surface area contributed by atoms with Gasteiger partial charge in [0, 0.05) is 13.1 Å². The number of methoxy groups -OCH3 is 1. The van der Waals surface area contributed by atoms with Crippen molar-refractivity contribution in [3.63, 3.8) is 0 Å². The zero-order valence-electron chi connectivity index (χ0n) is 12.9. The van der Waals surface area contributed by atoms with Crippen LogP contribution in [-0.2, 0) is 16.1 Å². The zero-order valence-corrected chi connectivity index (χ0v) is 12.9. The van der Waals surface area contributed by atoms with Gasteiger partial charge in [0.15, 0.2) is 0 Å². The maximum absolute atomic E-state index is 12.0. The topological polar surface area (TPSA) is 84.7 Å². The van der Waals surface area contributed by atoms with Gasteiger partial charge in [-0.3, -0.25) is 14.5 Å². The molecule has 1 atom stereocenters. The average Bonchev–Trinajstić information content (AvgIpc) is 2.53. The summed E-state index contributed by atoms with van der Waals surface area (Å²) in [5.74, 6) is 0.341. The molecule has 22 heavy (non-hydrogen) atoms. The Morgan fingerprint density at radius 2 is 2.09 bits per heavy atom. The normalized spacial score (nSPS) is 18.7. The summed E-state index contributed by atoms with van der Waals surface area (Å²) in [6.45, 7) is 2.20. The first kappa shape index (κ1) is 16.3. The van der Waals surface area contributed by atoms with E-state index in [9.17, 15) is 9.59 Å². The van der Waals surface area contributed by atoms with Gasteiger partial charge in [0.25, 0.3) is 0 Å². The largest absolute Gasteiger partial charge is 0.497 e. The van der Waals surface area contributed by atoms with Crippen LogP contribution in [0.2, 0.25) is 0 Å². The Labute approximate surface area is 130 Å². The number of hydrogen-bond acceptors (Lipinski definition) is 4. The van der Waals surface area contributed by atoms with Crippen molar-refractivity contribution in [2.75, 3.05) is 26.7 Å². The number of piperidine rings is 1. The second kappa shape index (κ2) is 7.79. The molecule has 1 aliphatic rings. The first-order valence-electron chi connectivity index (χ1n) is 7.50. The highest BCUT2D eigenvalue weighted by Gasteiger charge is 2.24. The van der Waals surface area contributed by atoms with Crippen LogP contribution in [0.3, 0.4) is 0 Å². The minimum Gasteiger partial charge on any atom is -0.497 e. The van der Waals surface area contributed by atoms with Crippen LogP contribution in [0.5, 0.6) is 5.75 Å². The van der Waals surface area contributed by atoms with E-state index < -0.39 is 0 Å². The Kier molecular flexibility index (Phi) is 5.77.